The molecule has 0 aromatic heterocycles. The predicted octanol–water partition coefficient (Wildman–Crippen LogP) is 3.53. The number of rotatable bonds is 1. The first-order chi connectivity index (χ1) is 7.77. The van der Waals surface area contributed by atoms with Crippen molar-refractivity contribution in [1.29, 1.82) is 0 Å². The lowest BCUT2D eigenvalue weighted by molar-refractivity contribution is 0.868. The molecule has 0 aliphatic carbocycles. The van der Waals surface area contributed by atoms with Crippen LogP contribution < -0.4 is 5.32 Å². The highest BCUT2D eigenvalue weighted by Crippen LogP contribution is 2.15. The van der Waals surface area contributed by atoms with Gasteiger partial charge in [0.1, 0.15) is 5.84 Å². The maximum Gasteiger partial charge on any atom is 0.132 e. The van der Waals surface area contributed by atoms with Gasteiger partial charge in [0.05, 0.1) is 11.1 Å². The van der Waals surface area contributed by atoms with Crippen molar-refractivity contribution in [3.8, 4) is 0 Å². The lowest BCUT2D eigenvalue weighted by Gasteiger charge is -2.16. The lowest BCUT2D eigenvalue weighted by Crippen LogP contribution is -2.26. The van der Waals surface area contributed by atoms with E-state index in [9.17, 15) is 0 Å². The van der Waals surface area contributed by atoms with Crippen molar-refractivity contribution in [2.75, 3.05) is 0 Å². The summed E-state index contributed by atoms with van der Waals surface area (Å²) in [5.74, 6) is 0.877. The second-order valence-corrected chi connectivity index (χ2v) is 3.63. The first-order valence-corrected chi connectivity index (χ1v) is 5.90. The molecular formula is C13H17ClN2. The third kappa shape index (κ3) is 3.11. The topological polar surface area (TPSA) is 24.4 Å². The molecule has 2 nitrogen and oxygen atoms in total. The lowest BCUT2D eigenvalue weighted by atomic mass is 10.2. The second kappa shape index (κ2) is 6.33. The van der Waals surface area contributed by atoms with Crippen LogP contribution in [0.15, 0.2) is 46.6 Å². The Morgan fingerprint density at radius 1 is 1.19 bits per heavy atom. The summed E-state index contributed by atoms with van der Waals surface area (Å²) in [5.41, 5.74) is 1.08. The van der Waals surface area contributed by atoms with E-state index in [1.165, 1.54) is 0 Å². The highest BCUT2D eigenvalue weighted by Gasteiger charge is 2.12. The molecular weight excluding hydrogens is 220 g/mol. The Labute approximate surface area is 102 Å². The standard InChI is InChI=1S/C11H11ClN2.C2H6/c1-8-10(12)7-13-11(14-8)9-5-3-2-4-6-9;1-2/h2-8H,1H3,(H,13,14);1-2H3. The Morgan fingerprint density at radius 2 is 1.81 bits per heavy atom. The fraction of sp³-hybridized carbons (Fsp3) is 0.308. The molecule has 1 aliphatic heterocycles. The first kappa shape index (κ1) is 12.8. The average Bonchev–Trinajstić information content (AvgIpc) is 2.36. The molecule has 1 N–H and O–H groups in total. The van der Waals surface area contributed by atoms with E-state index in [4.69, 9.17) is 11.6 Å². The Kier molecular flexibility index (Phi) is 5.06. The van der Waals surface area contributed by atoms with E-state index in [0.29, 0.717) is 0 Å². The molecule has 0 fully saturated rings. The summed E-state index contributed by atoms with van der Waals surface area (Å²) in [6.45, 7) is 5.97. The largest absolute Gasteiger partial charge is 0.345 e. The number of halogens is 1. The molecule has 0 saturated heterocycles. The molecule has 0 saturated carbocycles. The average molecular weight is 237 g/mol. The fourth-order valence-corrected chi connectivity index (χ4v) is 1.41. The molecule has 0 radical (unpaired) electrons. The van der Waals surface area contributed by atoms with Crippen LogP contribution >= 0.6 is 11.6 Å². The number of benzene rings is 1. The van der Waals surface area contributed by atoms with Crippen molar-refractivity contribution in [2.24, 2.45) is 4.99 Å². The van der Waals surface area contributed by atoms with Crippen LogP contribution in [-0.4, -0.2) is 11.9 Å². The van der Waals surface area contributed by atoms with E-state index in [-0.39, 0.29) is 6.04 Å². The molecule has 0 amide bonds. The highest BCUT2D eigenvalue weighted by molar-refractivity contribution is 6.30. The molecule has 1 aromatic rings. The van der Waals surface area contributed by atoms with Crippen molar-refractivity contribution in [2.45, 2.75) is 26.8 Å². The molecule has 16 heavy (non-hydrogen) atoms. The number of hydrogen-bond donors (Lipinski definition) is 1. The van der Waals surface area contributed by atoms with E-state index >= 15 is 0 Å². The first-order valence-electron chi connectivity index (χ1n) is 5.52. The predicted molar refractivity (Wildman–Crippen MR) is 70.9 cm³/mol. The number of aliphatic imine (C=N–C) groups is 1. The van der Waals surface area contributed by atoms with Crippen LogP contribution in [0.5, 0.6) is 0 Å². The smallest absolute Gasteiger partial charge is 0.132 e. The monoisotopic (exact) mass is 236 g/mol. The minimum Gasteiger partial charge on any atom is -0.345 e. The zero-order chi connectivity index (χ0) is 12.0. The molecule has 3 heteroatoms. The maximum atomic E-state index is 5.91. The van der Waals surface area contributed by atoms with Gasteiger partial charge in [-0.2, -0.15) is 0 Å². The van der Waals surface area contributed by atoms with Crippen LogP contribution in [0.3, 0.4) is 0 Å². The number of hydrogen-bond acceptors (Lipinski definition) is 2. The van der Waals surface area contributed by atoms with Crippen LogP contribution in [0.25, 0.3) is 0 Å². The number of amidine groups is 1. The summed E-state index contributed by atoms with van der Waals surface area (Å²) in [6, 6.07) is 10.1. The third-order valence-corrected chi connectivity index (χ3v) is 2.54. The minimum atomic E-state index is 0.0492. The van der Waals surface area contributed by atoms with Crippen LogP contribution in [0, 0.1) is 0 Å². The van der Waals surface area contributed by atoms with Crippen molar-refractivity contribution >= 4 is 17.4 Å². The van der Waals surface area contributed by atoms with Crippen LogP contribution in [-0.2, 0) is 0 Å². The SMILES string of the molecule is CC.CC1N=C(c2ccccc2)NC=C1Cl. The summed E-state index contributed by atoms with van der Waals surface area (Å²) in [4.78, 5) is 4.44. The van der Waals surface area contributed by atoms with Gasteiger partial charge in [0.15, 0.2) is 0 Å². The number of nitrogens with zero attached hydrogens (tertiary/aromatic N) is 1. The quantitative estimate of drug-likeness (QED) is 0.793. The van der Waals surface area contributed by atoms with Crippen LogP contribution in [0.1, 0.15) is 26.3 Å². The van der Waals surface area contributed by atoms with Crippen molar-refractivity contribution in [3.63, 3.8) is 0 Å². The summed E-state index contributed by atoms with van der Waals surface area (Å²) in [6.07, 6.45) is 1.79. The highest BCUT2D eigenvalue weighted by atomic mass is 35.5. The molecule has 2 rings (SSSR count). The molecule has 86 valence electrons. The fourth-order valence-electron chi connectivity index (χ4n) is 1.30. The van der Waals surface area contributed by atoms with Gasteiger partial charge < -0.3 is 5.32 Å². The molecule has 0 bridgehead atoms. The van der Waals surface area contributed by atoms with Gasteiger partial charge in [0, 0.05) is 11.8 Å². The van der Waals surface area contributed by atoms with E-state index in [1.807, 2.05) is 51.1 Å². The number of nitrogens with one attached hydrogen (secondary N) is 1. The molecule has 1 heterocycles. The van der Waals surface area contributed by atoms with Gasteiger partial charge >= 0.3 is 0 Å². The third-order valence-electron chi connectivity index (χ3n) is 2.12. The minimum absolute atomic E-state index is 0.0492. The molecule has 1 unspecified atom stereocenters. The Bertz CT molecular complexity index is 382. The van der Waals surface area contributed by atoms with Crippen LogP contribution in [0.4, 0.5) is 0 Å². The second-order valence-electron chi connectivity index (χ2n) is 3.19. The summed E-state index contributed by atoms with van der Waals surface area (Å²) in [7, 11) is 0. The van der Waals surface area contributed by atoms with E-state index in [2.05, 4.69) is 10.3 Å². The molecule has 1 atom stereocenters. The van der Waals surface area contributed by atoms with Crippen LogP contribution in [0.2, 0.25) is 0 Å². The van der Waals surface area contributed by atoms with Gasteiger partial charge in [-0.3, -0.25) is 4.99 Å². The normalized spacial score (nSPS) is 18.6. The van der Waals surface area contributed by atoms with Crippen molar-refractivity contribution in [1.82, 2.24) is 5.32 Å². The zero-order valence-electron chi connectivity index (χ0n) is 9.87. The maximum absolute atomic E-state index is 5.91. The van der Waals surface area contributed by atoms with E-state index in [0.717, 1.165) is 16.4 Å². The Hall–Kier alpha value is -1.28. The Morgan fingerprint density at radius 3 is 2.38 bits per heavy atom. The van der Waals surface area contributed by atoms with Gasteiger partial charge in [0.25, 0.3) is 0 Å². The van der Waals surface area contributed by atoms with Crippen molar-refractivity contribution in [3.05, 3.63) is 47.1 Å². The van der Waals surface area contributed by atoms with Gasteiger partial charge in [-0.25, -0.2) is 0 Å². The van der Waals surface area contributed by atoms with Gasteiger partial charge in [-0.15, -0.1) is 0 Å². The van der Waals surface area contributed by atoms with E-state index < -0.39 is 0 Å². The summed E-state index contributed by atoms with van der Waals surface area (Å²) in [5, 5.41) is 3.81. The zero-order valence-corrected chi connectivity index (χ0v) is 10.6. The van der Waals surface area contributed by atoms with Crippen molar-refractivity contribution < 1.29 is 0 Å². The molecule has 1 aliphatic rings. The Balaban J connectivity index is 0.000000606. The summed E-state index contributed by atoms with van der Waals surface area (Å²) < 4.78 is 0. The van der Waals surface area contributed by atoms with Gasteiger partial charge in [0.2, 0.25) is 0 Å². The molecule has 0 spiro atoms. The van der Waals surface area contributed by atoms with Gasteiger partial charge in [-0.05, 0) is 6.92 Å². The molecule has 1 aromatic carbocycles. The van der Waals surface area contributed by atoms with E-state index in [1.54, 1.807) is 6.20 Å². The summed E-state index contributed by atoms with van der Waals surface area (Å²) >= 11 is 5.91. The van der Waals surface area contributed by atoms with Gasteiger partial charge in [-0.1, -0.05) is 55.8 Å².